The summed E-state index contributed by atoms with van der Waals surface area (Å²) >= 11 is 0. The lowest BCUT2D eigenvalue weighted by atomic mass is 10.2. The van der Waals surface area contributed by atoms with Crippen LogP contribution in [-0.2, 0) is 6.54 Å². The second-order valence-corrected chi connectivity index (χ2v) is 4.07. The summed E-state index contributed by atoms with van der Waals surface area (Å²) in [5.41, 5.74) is 6.96. The quantitative estimate of drug-likeness (QED) is 0.640. The first-order valence-corrected chi connectivity index (χ1v) is 5.89. The van der Waals surface area contributed by atoms with Crippen LogP contribution in [0.2, 0.25) is 0 Å². The van der Waals surface area contributed by atoms with E-state index < -0.39 is 0 Å². The third-order valence-electron chi connectivity index (χ3n) is 2.61. The monoisotopic (exact) mass is 243 g/mol. The van der Waals surface area contributed by atoms with Crippen molar-refractivity contribution in [2.75, 3.05) is 0 Å². The van der Waals surface area contributed by atoms with E-state index in [2.05, 4.69) is 10.3 Å². The van der Waals surface area contributed by atoms with Crippen molar-refractivity contribution in [2.24, 2.45) is 10.7 Å². The fraction of sp³-hybridized carbons (Fsp3) is 0.214. The first-order valence-electron chi connectivity index (χ1n) is 5.89. The number of nitrogens with zero attached hydrogens (tertiary/aromatic N) is 1. The highest BCUT2D eigenvalue weighted by molar-refractivity contribution is 5.78. The van der Waals surface area contributed by atoms with Crippen molar-refractivity contribution < 1.29 is 4.42 Å². The zero-order valence-electron chi connectivity index (χ0n) is 10.3. The molecule has 0 aliphatic heterocycles. The van der Waals surface area contributed by atoms with Gasteiger partial charge in [-0.15, -0.1) is 0 Å². The summed E-state index contributed by atoms with van der Waals surface area (Å²) in [6.45, 7) is 2.55. The van der Waals surface area contributed by atoms with E-state index in [1.165, 1.54) is 0 Å². The lowest BCUT2D eigenvalue weighted by Crippen LogP contribution is -2.33. The SMILES string of the molecule is CC(NC(N)=NCc1ccccc1)c1ccco1. The molecule has 4 nitrogen and oxygen atoms in total. The van der Waals surface area contributed by atoms with Crippen LogP contribution in [0.3, 0.4) is 0 Å². The van der Waals surface area contributed by atoms with Gasteiger partial charge in [0.2, 0.25) is 0 Å². The number of furan rings is 1. The van der Waals surface area contributed by atoms with Crippen LogP contribution in [0.5, 0.6) is 0 Å². The molecule has 4 heteroatoms. The molecule has 1 heterocycles. The number of nitrogens with two attached hydrogens (primary N) is 1. The van der Waals surface area contributed by atoms with Crippen molar-refractivity contribution in [1.29, 1.82) is 0 Å². The average Bonchev–Trinajstić information content (AvgIpc) is 2.91. The maximum absolute atomic E-state index is 5.83. The first-order chi connectivity index (χ1) is 8.75. The molecule has 0 fully saturated rings. The van der Waals surface area contributed by atoms with Crippen LogP contribution < -0.4 is 11.1 Å². The van der Waals surface area contributed by atoms with Crippen molar-refractivity contribution in [1.82, 2.24) is 5.32 Å². The number of rotatable bonds is 4. The minimum atomic E-state index is 0.0134. The summed E-state index contributed by atoms with van der Waals surface area (Å²) < 4.78 is 5.29. The fourth-order valence-corrected chi connectivity index (χ4v) is 1.64. The van der Waals surface area contributed by atoms with Crippen LogP contribution in [0, 0.1) is 0 Å². The Balaban J connectivity index is 1.90. The van der Waals surface area contributed by atoms with Gasteiger partial charge in [0.1, 0.15) is 5.76 Å². The molecule has 1 atom stereocenters. The zero-order chi connectivity index (χ0) is 12.8. The molecule has 0 amide bonds. The van der Waals surface area contributed by atoms with Gasteiger partial charge in [0.05, 0.1) is 18.8 Å². The Labute approximate surface area is 107 Å². The number of guanidine groups is 1. The Kier molecular flexibility index (Phi) is 4.02. The number of benzene rings is 1. The molecule has 1 aromatic carbocycles. The Morgan fingerprint density at radius 3 is 2.72 bits per heavy atom. The van der Waals surface area contributed by atoms with Gasteiger partial charge in [0.15, 0.2) is 5.96 Å². The van der Waals surface area contributed by atoms with E-state index in [1.807, 2.05) is 49.4 Å². The third-order valence-corrected chi connectivity index (χ3v) is 2.61. The lowest BCUT2D eigenvalue weighted by Gasteiger charge is -2.11. The van der Waals surface area contributed by atoms with E-state index >= 15 is 0 Å². The van der Waals surface area contributed by atoms with Gasteiger partial charge in [-0.25, -0.2) is 4.99 Å². The second kappa shape index (κ2) is 5.91. The molecule has 0 saturated carbocycles. The molecule has 94 valence electrons. The van der Waals surface area contributed by atoms with Crippen molar-refractivity contribution in [3.63, 3.8) is 0 Å². The summed E-state index contributed by atoms with van der Waals surface area (Å²) in [6, 6.07) is 13.8. The summed E-state index contributed by atoms with van der Waals surface area (Å²) in [6.07, 6.45) is 1.64. The van der Waals surface area contributed by atoms with Gasteiger partial charge < -0.3 is 15.5 Å². The normalized spacial score (nSPS) is 13.3. The maximum Gasteiger partial charge on any atom is 0.189 e. The van der Waals surface area contributed by atoms with E-state index in [1.54, 1.807) is 6.26 Å². The molecule has 0 spiro atoms. The number of hydrogen-bond acceptors (Lipinski definition) is 2. The van der Waals surface area contributed by atoms with Crippen LogP contribution in [0.15, 0.2) is 58.1 Å². The smallest absolute Gasteiger partial charge is 0.189 e. The van der Waals surface area contributed by atoms with Gasteiger partial charge in [-0.1, -0.05) is 30.3 Å². The van der Waals surface area contributed by atoms with Crippen LogP contribution in [0.4, 0.5) is 0 Å². The summed E-state index contributed by atoms with van der Waals surface area (Å²) in [5, 5.41) is 3.09. The molecular formula is C14H17N3O. The molecule has 0 bridgehead atoms. The average molecular weight is 243 g/mol. The molecule has 2 rings (SSSR count). The molecule has 0 radical (unpaired) electrons. The fourth-order valence-electron chi connectivity index (χ4n) is 1.64. The minimum Gasteiger partial charge on any atom is -0.467 e. The molecule has 18 heavy (non-hydrogen) atoms. The van der Waals surface area contributed by atoms with E-state index in [9.17, 15) is 0 Å². The molecule has 1 unspecified atom stereocenters. The summed E-state index contributed by atoms with van der Waals surface area (Å²) in [4.78, 5) is 4.29. The molecule has 0 aliphatic rings. The van der Waals surface area contributed by atoms with Gasteiger partial charge in [0, 0.05) is 0 Å². The highest BCUT2D eigenvalue weighted by atomic mass is 16.3. The van der Waals surface area contributed by atoms with Gasteiger partial charge >= 0.3 is 0 Å². The number of nitrogens with one attached hydrogen (secondary N) is 1. The number of hydrogen-bond donors (Lipinski definition) is 2. The molecule has 2 aromatic rings. The van der Waals surface area contributed by atoms with Crippen LogP contribution in [-0.4, -0.2) is 5.96 Å². The second-order valence-electron chi connectivity index (χ2n) is 4.07. The molecule has 1 aromatic heterocycles. The minimum absolute atomic E-state index is 0.0134. The van der Waals surface area contributed by atoms with E-state index in [0.29, 0.717) is 12.5 Å². The Hall–Kier alpha value is -2.23. The summed E-state index contributed by atoms with van der Waals surface area (Å²) in [7, 11) is 0. The third kappa shape index (κ3) is 3.38. The van der Waals surface area contributed by atoms with Crippen molar-refractivity contribution in [3.8, 4) is 0 Å². The van der Waals surface area contributed by atoms with Gasteiger partial charge in [-0.05, 0) is 24.6 Å². The maximum atomic E-state index is 5.83. The molecule has 0 aliphatic carbocycles. The molecular weight excluding hydrogens is 226 g/mol. The first kappa shape index (κ1) is 12.2. The predicted molar refractivity (Wildman–Crippen MR) is 72.0 cm³/mol. The lowest BCUT2D eigenvalue weighted by molar-refractivity contribution is 0.462. The van der Waals surface area contributed by atoms with Gasteiger partial charge in [-0.3, -0.25) is 0 Å². The molecule has 0 saturated heterocycles. The Morgan fingerprint density at radius 1 is 1.28 bits per heavy atom. The molecule has 3 N–H and O–H groups in total. The Morgan fingerprint density at radius 2 is 2.06 bits per heavy atom. The van der Waals surface area contributed by atoms with Gasteiger partial charge in [-0.2, -0.15) is 0 Å². The standard InChI is InChI=1S/C14H17N3O/c1-11(13-8-5-9-18-13)17-14(15)16-10-12-6-3-2-4-7-12/h2-9,11H,10H2,1H3,(H3,15,16,17). The van der Waals surface area contributed by atoms with Crippen molar-refractivity contribution in [3.05, 3.63) is 60.1 Å². The largest absolute Gasteiger partial charge is 0.467 e. The van der Waals surface area contributed by atoms with Crippen LogP contribution in [0.1, 0.15) is 24.3 Å². The van der Waals surface area contributed by atoms with Crippen molar-refractivity contribution in [2.45, 2.75) is 19.5 Å². The zero-order valence-corrected chi connectivity index (χ0v) is 10.3. The van der Waals surface area contributed by atoms with Crippen LogP contribution >= 0.6 is 0 Å². The summed E-state index contributed by atoms with van der Waals surface area (Å²) in [5.74, 6) is 1.26. The van der Waals surface area contributed by atoms with Crippen LogP contribution in [0.25, 0.3) is 0 Å². The predicted octanol–water partition coefficient (Wildman–Crippen LogP) is 2.45. The van der Waals surface area contributed by atoms with E-state index in [0.717, 1.165) is 11.3 Å². The van der Waals surface area contributed by atoms with Crippen molar-refractivity contribution >= 4 is 5.96 Å². The topological polar surface area (TPSA) is 63.5 Å². The Bertz CT molecular complexity index is 491. The number of aliphatic imine (C=N–C) groups is 1. The highest BCUT2D eigenvalue weighted by Gasteiger charge is 2.07. The van der Waals surface area contributed by atoms with Gasteiger partial charge in [0.25, 0.3) is 0 Å². The van der Waals surface area contributed by atoms with E-state index in [-0.39, 0.29) is 6.04 Å². The highest BCUT2D eigenvalue weighted by Crippen LogP contribution is 2.11. The van der Waals surface area contributed by atoms with E-state index in [4.69, 9.17) is 10.2 Å².